The van der Waals surface area contributed by atoms with E-state index in [1.165, 1.54) is 19.2 Å². The van der Waals surface area contributed by atoms with E-state index in [4.69, 9.17) is 14.2 Å². The van der Waals surface area contributed by atoms with E-state index in [1.807, 2.05) is 0 Å². The smallest absolute Gasteiger partial charge is 0.308 e. The van der Waals surface area contributed by atoms with Crippen LogP contribution in [0.15, 0.2) is 12.1 Å². The maximum Gasteiger partial charge on any atom is 0.308 e. The lowest BCUT2D eigenvalue weighted by molar-refractivity contribution is -0.149. The summed E-state index contributed by atoms with van der Waals surface area (Å²) in [6.07, 6.45) is 7.07. The van der Waals surface area contributed by atoms with E-state index in [9.17, 15) is 18.8 Å². The number of ether oxygens (including phenoxy) is 3. The fourth-order valence-corrected chi connectivity index (χ4v) is 6.87. The topological polar surface area (TPSA) is 103 Å². The number of hydrogen-bond acceptors (Lipinski definition) is 6. The molecule has 9 heteroatoms. The van der Waals surface area contributed by atoms with Gasteiger partial charge >= 0.3 is 5.97 Å². The molecule has 40 heavy (non-hydrogen) atoms. The zero-order valence-electron chi connectivity index (χ0n) is 24.3. The quantitative estimate of drug-likeness (QED) is 0.348. The molecule has 3 fully saturated rings. The normalized spacial score (nSPS) is 27.4. The van der Waals surface area contributed by atoms with Gasteiger partial charge in [-0.2, -0.15) is 0 Å². The van der Waals surface area contributed by atoms with Gasteiger partial charge in [-0.05, 0) is 75.7 Å². The van der Waals surface area contributed by atoms with E-state index in [-0.39, 0.29) is 64.8 Å². The number of carbonyl (C=O) groups excluding carboxylic acids is 3. The van der Waals surface area contributed by atoms with Crippen LogP contribution >= 0.6 is 0 Å². The second-order valence-electron chi connectivity index (χ2n) is 11.6. The van der Waals surface area contributed by atoms with E-state index in [0.29, 0.717) is 44.8 Å². The molecular formula is C31H45FN2O6. The Morgan fingerprint density at radius 3 is 2.33 bits per heavy atom. The third-order valence-corrected chi connectivity index (χ3v) is 9.32. The molecule has 8 nitrogen and oxygen atoms in total. The monoisotopic (exact) mass is 560 g/mol. The molecule has 3 aliphatic rings. The van der Waals surface area contributed by atoms with Gasteiger partial charge in [-0.3, -0.25) is 14.4 Å². The molecule has 0 aromatic heterocycles. The molecule has 4 rings (SSSR count). The number of methoxy groups -OCH3 is 1. The van der Waals surface area contributed by atoms with E-state index >= 15 is 0 Å². The van der Waals surface area contributed by atoms with Crippen molar-refractivity contribution in [2.45, 2.75) is 90.7 Å². The van der Waals surface area contributed by atoms with Gasteiger partial charge in [0.25, 0.3) is 5.91 Å². The van der Waals surface area contributed by atoms with Crippen molar-refractivity contribution < 1.29 is 33.0 Å². The molecule has 0 heterocycles. The van der Waals surface area contributed by atoms with Crippen LogP contribution in [0, 0.1) is 35.4 Å². The predicted molar refractivity (Wildman–Crippen MR) is 149 cm³/mol. The number of rotatable bonds is 12. The van der Waals surface area contributed by atoms with Gasteiger partial charge in [-0.25, -0.2) is 4.39 Å². The molecule has 4 atom stereocenters. The molecule has 2 amide bonds. The Morgan fingerprint density at radius 2 is 1.68 bits per heavy atom. The number of hydrogen-bond donors (Lipinski definition) is 2. The Morgan fingerprint density at radius 1 is 0.975 bits per heavy atom. The van der Waals surface area contributed by atoms with E-state index < -0.39 is 11.7 Å². The number of nitrogens with one attached hydrogen (secondary N) is 2. The third-order valence-electron chi connectivity index (χ3n) is 9.32. The lowest BCUT2D eigenvalue weighted by Gasteiger charge is -2.31. The zero-order valence-corrected chi connectivity index (χ0v) is 24.3. The molecule has 3 aliphatic carbocycles. The van der Waals surface area contributed by atoms with Gasteiger partial charge in [-0.1, -0.05) is 26.7 Å². The van der Waals surface area contributed by atoms with Crippen LogP contribution in [-0.2, 0) is 14.3 Å². The van der Waals surface area contributed by atoms with Crippen LogP contribution in [0.5, 0.6) is 11.5 Å². The van der Waals surface area contributed by atoms with Gasteiger partial charge < -0.3 is 24.8 Å². The van der Waals surface area contributed by atoms with Crippen molar-refractivity contribution in [1.82, 2.24) is 10.6 Å². The van der Waals surface area contributed by atoms with Gasteiger partial charge in [0, 0.05) is 18.7 Å². The van der Waals surface area contributed by atoms with Crippen LogP contribution in [0.4, 0.5) is 4.39 Å². The van der Waals surface area contributed by atoms with E-state index in [1.54, 1.807) is 6.92 Å². The molecule has 2 N–H and O–H groups in total. The van der Waals surface area contributed by atoms with Crippen LogP contribution in [0.3, 0.4) is 0 Å². The van der Waals surface area contributed by atoms with Crippen molar-refractivity contribution in [3.8, 4) is 11.5 Å². The average Bonchev–Trinajstić information content (AvgIpc) is 3.57. The van der Waals surface area contributed by atoms with Crippen molar-refractivity contribution in [1.29, 1.82) is 0 Å². The van der Waals surface area contributed by atoms with Crippen LogP contribution in [0.2, 0.25) is 0 Å². The lowest BCUT2D eigenvalue weighted by Crippen LogP contribution is -2.50. The average molecular weight is 561 g/mol. The number of halogens is 1. The predicted octanol–water partition coefficient (Wildman–Crippen LogP) is 5.03. The molecule has 0 aliphatic heterocycles. The highest BCUT2D eigenvalue weighted by Crippen LogP contribution is 2.49. The molecule has 0 spiro atoms. The number of benzene rings is 1. The Hall–Kier alpha value is -2.84. The fraction of sp³-hybridized carbons (Fsp3) is 0.710. The lowest BCUT2D eigenvalue weighted by atomic mass is 9.83. The minimum Gasteiger partial charge on any atom is -0.496 e. The van der Waals surface area contributed by atoms with Gasteiger partial charge in [0.05, 0.1) is 37.2 Å². The van der Waals surface area contributed by atoms with E-state index in [0.717, 1.165) is 32.1 Å². The van der Waals surface area contributed by atoms with Gasteiger partial charge in [0.2, 0.25) is 5.91 Å². The summed E-state index contributed by atoms with van der Waals surface area (Å²) < 4.78 is 31.5. The first-order valence-corrected chi connectivity index (χ1v) is 15.1. The summed E-state index contributed by atoms with van der Waals surface area (Å²) in [5, 5.41) is 6.26. The third kappa shape index (κ3) is 6.72. The molecular weight excluding hydrogens is 515 g/mol. The second-order valence-corrected chi connectivity index (χ2v) is 11.6. The van der Waals surface area contributed by atoms with Crippen molar-refractivity contribution >= 4 is 17.8 Å². The SMILES string of the molecule is CCOC(=O)[C@H]1CC[C@@H](Oc2cc(C(=O)N[C@@H]3[C@H]4CC[C@H](C4)[C@@H]3C(=O)NCC(CC)CC)c(OC)cc2F)CC1. The molecule has 222 valence electrons. The standard InChI is InChI=1S/C31H45FN2O6/c1-5-18(6-2)17-33-30(36)27-20-8-9-21(14-20)28(27)34-29(35)23-15-26(24(32)16-25(23)38-4)40-22-12-10-19(11-13-22)31(37)39-7-3/h15-16,18-22,27-28H,5-14,17H2,1-4H3,(H,33,36)(H,34,35)/t19-,20-,21+,22+,27+,28-/m1/s1. The highest BCUT2D eigenvalue weighted by Gasteiger charge is 2.51. The minimum atomic E-state index is -0.612. The van der Waals surface area contributed by atoms with Crippen molar-refractivity contribution in [2.75, 3.05) is 20.3 Å². The van der Waals surface area contributed by atoms with Crippen molar-refractivity contribution in [3.05, 3.63) is 23.5 Å². The number of amides is 2. The summed E-state index contributed by atoms with van der Waals surface area (Å²) in [6, 6.07) is 2.30. The zero-order chi connectivity index (χ0) is 28.8. The molecule has 1 aromatic carbocycles. The first-order chi connectivity index (χ1) is 19.3. The minimum absolute atomic E-state index is 0.0120. The van der Waals surface area contributed by atoms with E-state index in [2.05, 4.69) is 24.5 Å². The first-order valence-electron chi connectivity index (χ1n) is 15.1. The van der Waals surface area contributed by atoms with Crippen LogP contribution in [-0.4, -0.2) is 50.2 Å². The summed E-state index contributed by atoms with van der Waals surface area (Å²) >= 11 is 0. The number of fused-ring (bicyclic) bond motifs is 2. The Bertz CT molecular complexity index is 1050. The summed E-state index contributed by atoms with van der Waals surface area (Å²) in [7, 11) is 1.40. The maximum atomic E-state index is 15.0. The highest BCUT2D eigenvalue weighted by atomic mass is 19.1. The maximum absolute atomic E-state index is 15.0. The molecule has 1 aromatic rings. The number of esters is 1. The van der Waals surface area contributed by atoms with Crippen molar-refractivity contribution in [3.63, 3.8) is 0 Å². The summed E-state index contributed by atoms with van der Waals surface area (Å²) in [5.41, 5.74) is 0.179. The van der Waals surface area contributed by atoms with Gasteiger partial charge in [-0.15, -0.1) is 0 Å². The van der Waals surface area contributed by atoms with Gasteiger partial charge in [0.15, 0.2) is 11.6 Å². The molecule has 0 saturated heterocycles. The van der Waals surface area contributed by atoms with Crippen LogP contribution < -0.4 is 20.1 Å². The summed E-state index contributed by atoms with van der Waals surface area (Å²) in [5.74, 6) is -0.580. The molecule has 0 unspecified atom stereocenters. The summed E-state index contributed by atoms with van der Waals surface area (Å²) in [4.78, 5) is 38.9. The Kier molecular flexibility index (Phi) is 10.3. The van der Waals surface area contributed by atoms with Crippen LogP contribution in [0.25, 0.3) is 0 Å². The number of carbonyl (C=O) groups is 3. The summed E-state index contributed by atoms with van der Waals surface area (Å²) in [6.45, 7) is 7.04. The molecule has 0 radical (unpaired) electrons. The second kappa shape index (κ2) is 13.7. The largest absolute Gasteiger partial charge is 0.496 e. The van der Waals surface area contributed by atoms with Crippen molar-refractivity contribution in [2.24, 2.45) is 29.6 Å². The Labute approximate surface area is 237 Å². The molecule has 2 bridgehead atoms. The first kappa shape index (κ1) is 30.1. The fourth-order valence-electron chi connectivity index (χ4n) is 6.87. The van der Waals surface area contributed by atoms with Crippen LogP contribution in [0.1, 0.15) is 88.9 Å². The van der Waals surface area contributed by atoms with Gasteiger partial charge in [0.1, 0.15) is 5.75 Å². The Balaban J connectivity index is 1.44. The highest BCUT2D eigenvalue weighted by molar-refractivity contribution is 5.98. The molecule has 3 saturated carbocycles.